The molecule has 2 N–H and O–H groups in total. The second kappa shape index (κ2) is 7.60. The summed E-state index contributed by atoms with van der Waals surface area (Å²) < 4.78 is 1.17. The fourth-order valence-electron chi connectivity index (χ4n) is 3.42. The number of aromatic amines is 1. The van der Waals surface area contributed by atoms with E-state index in [1.54, 1.807) is 30.5 Å². The van der Waals surface area contributed by atoms with Crippen molar-refractivity contribution in [1.82, 2.24) is 19.5 Å². The summed E-state index contributed by atoms with van der Waals surface area (Å²) >= 11 is 2.82. The van der Waals surface area contributed by atoms with E-state index >= 15 is 0 Å². The topological polar surface area (TPSA) is 92.7 Å². The summed E-state index contributed by atoms with van der Waals surface area (Å²) in [5.41, 5.74) is 2.41. The summed E-state index contributed by atoms with van der Waals surface area (Å²) in [6.07, 6.45) is 1.75. The van der Waals surface area contributed by atoms with Gasteiger partial charge < -0.3 is 5.32 Å². The Morgan fingerprint density at radius 3 is 2.68 bits per heavy atom. The van der Waals surface area contributed by atoms with Crippen LogP contribution in [0.4, 0.5) is 10.9 Å². The third kappa shape index (κ3) is 3.47. The van der Waals surface area contributed by atoms with Gasteiger partial charge in [-0.2, -0.15) is 0 Å². The maximum atomic E-state index is 13.2. The number of hydrogen-bond donors (Lipinski definition) is 2. The molecule has 5 rings (SSSR count). The molecule has 0 atom stereocenters. The molecule has 0 aliphatic rings. The van der Waals surface area contributed by atoms with Crippen molar-refractivity contribution in [1.29, 1.82) is 0 Å². The van der Waals surface area contributed by atoms with E-state index in [0.717, 1.165) is 27.5 Å². The minimum absolute atomic E-state index is 0.331. The fraction of sp³-hybridized carbons (Fsp3) is 0.0909. The number of thiazole rings is 1. The number of aromatic nitrogens is 4. The molecule has 0 radical (unpaired) electrons. The lowest BCUT2D eigenvalue weighted by Crippen LogP contribution is -2.33. The molecule has 0 saturated carbocycles. The molecule has 31 heavy (non-hydrogen) atoms. The zero-order valence-corrected chi connectivity index (χ0v) is 18.3. The van der Waals surface area contributed by atoms with Gasteiger partial charge in [0.25, 0.3) is 5.56 Å². The molecular formula is C22H17N5O2S2. The molecule has 9 heteroatoms. The third-order valence-corrected chi connectivity index (χ3v) is 6.88. The van der Waals surface area contributed by atoms with Crippen molar-refractivity contribution in [3.8, 4) is 16.3 Å². The first-order valence-corrected chi connectivity index (χ1v) is 11.2. The van der Waals surface area contributed by atoms with Gasteiger partial charge in [-0.05, 0) is 49.2 Å². The molecule has 154 valence electrons. The van der Waals surface area contributed by atoms with Crippen LogP contribution in [0.3, 0.4) is 0 Å². The predicted molar refractivity (Wildman–Crippen MR) is 126 cm³/mol. The first kappa shape index (κ1) is 19.4. The van der Waals surface area contributed by atoms with Crippen molar-refractivity contribution < 1.29 is 0 Å². The Balaban J connectivity index is 1.58. The Kier molecular flexibility index (Phi) is 4.76. The molecule has 0 aliphatic carbocycles. The number of hydrogen-bond acceptors (Lipinski definition) is 7. The molecule has 0 unspecified atom stereocenters. The van der Waals surface area contributed by atoms with Gasteiger partial charge in [0.15, 0.2) is 5.13 Å². The van der Waals surface area contributed by atoms with E-state index in [2.05, 4.69) is 20.3 Å². The molecule has 0 spiro atoms. The zero-order chi connectivity index (χ0) is 21.5. The monoisotopic (exact) mass is 447 g/mol. The van der Waals surface area contributed by atoms with E-state index in [9.17, 15) is 9.59 Å². The highest BCUT2D eigenvalue weighted by atomic mass is 32.1. The number of aryl methyl sites for hydroxylation is 2. The van der Waals surface area contributed by atoms with Gasteiger partial charge in [-0.15, -0.1) is 22.7 Å². The standard InChI is InChI=1S/C22H17N5O2S2/c1-12-8-9-23-16(10-12)25-21-24-15(11-30-21)18-13(2)17-19(31-18)26-22(29)27(20(17)28)14-6-4-3-5-7-14/h3-11H,1-2H3,(H,26,29)(H,23,24,25). The number of rotatable bonds is 4. The van der Waals surface area contributed by atoms with Gasteiger partial charge in [0.2, 0.25) is 0 Å². The van der Waals surface area contributed by atoms with Crippen LogP contribution in [0.2, 0.25) is 0 Å². The number of pyridine rings is 1. The molecule has 0 fully saturated rings. The number of fused-ring (bicyclic) bond motifs is 1. The van der Waals surface area contributed by atoms with Crippen molar-refractivity contribution in [2.75, 3.05) is 5.32 Å². The normalized spacial score (nSPS) is 11.2. The van der Waals surface area contributed by atoms with Gasteiger partial charge in [0, 0.05) is 11.6 Å². The molecular weight excluding hydrogens is 430 g/mol. The van der Waals surface area contributed by atoms with Gasteiger partial charge in [0.1, 0.15) is 10.6 Å². The van der Waals surface area contributed by atoms with Crippen LogP contribution in [-0.4, -0.2) is 19.5 Å². The Labute approximate surface area is 184 Å². The van der Waals surface area contributed by atoms with Crippen LogP contribution in [0.25, 0.3) is 26.5 Å². The number of nitrogens with one attached hydrogen (secondary N) is 2. The Hall–Kier alpha value is -3.56. The summed E-state index contributed by atoms with van der Waals surface area (Å²) in [5, 5.41) is 6.37. The summed E-state index contributed by atoms with van der Waals surface area (Å²) in [4.78, 5) is 39.1. The number of anilines is 2. The first-order valence-electron chi connectivity index (χ1n) is 9.50. The van der Waals surface area contributed by atoms with Crippen molar-refractivity contribution in [2.24, 2.45) is 0 Å². The van der Waals surface area contributed by atoms with Gasteiger partial charge in [-0.25, -0.2) is 19.3 Å². The summed E-state index contributed by atoms with van der Waals surface area (Å²) in [7, 11) is 0. The van der Waals surface area contributed by atoms with Crippen LogP contribution in [0, 0.1) is 13.8 Å². The predicted octanol–water partition coefficient (Wildman–Crippen LogP) is 4.62. The van der Waals surface area contributed by atoms with E-state index in [0.29, 0.717) is 21.0 Å². The second-order valence-corrected chi connectivity index (χ2v) is 8.93. The Morgan fingerprint density at radius 1 is 1.10 bits per heavy atom. The smallest absolute Gasteiger partial charge is 0.316 e. The lowest BCUT2D eigenvalue weighted by Gasteiger charge is -2.04. The van der Waals surface area contributed by atoms with Crippen LogP contribution < -0.4 is 16.6 Å². The van der Waals surface area contributed by atoms with Gasteiger partial charge >= 0.3 is 5.69 Å². The van der Waals surface area contributed by atoms with Crippen molar-refractivity contribution in [3.63, 3.8) is 0 Å². The summed E-state index contributed by atoms with van der Waals surface area (Å²) in [6.45, 7) is 3.89. The molecule has 0 amide bonds. The second-order valence-electron chi connectivity index (χ2n) is 7.05. The maximum absolute atomic E-state index is 13.2. The minimum Gasteiger partial charge on any atom is -0.316 e. The molecule has 0 bridgehead atoms. The van der Waals surface area contributed by atoms with E-state index in [4.69, 9.17) is 0 Å². The van der Waals surface area contributed by atoms with Crippen molar-refractivity contribution >= 4 is 43.8 Å². The Bertz CT molecular complexity index is 1530. The highest BCUT2D eigenvalue weighted by molar-refractivity contribution is 7.22. The maximum Gasteiger partial charge on any atom is 0.334 e. The SMILES string of the molecule is Cc1ccnc(Nc2nc(-c3sc4[nH]c(=O)n(-c5ccccc5)c(=O)c4c3C)cs2)c1. The van der Waals surface area contributed by atoms with Gasteiger partial charge in [-0.1, -0.05) is 18.2 Å². The molecule has 4 aromatic heterocycles. The van der Waals surface area contributed by atoms with E-state index in [1.165, 1.54) is 27.2 Å². The molecule has 4 heterocycles. The fourth-order valence-corrected chi connectivity index (χ4v) is 5.35. The lowest BCUT2D eigenvalue weighted by molar-refractivity contribution is 0.903. The third-order valence-electron chi connectivity index (χ3n) is 4.89. The average molecular weight is 448 g/mol. The number of para-hydroxylation sites is 1. The molecule has 1 aromatic carbocycles. The lowest BCUT2D eigenvalue weighted by atomic mass is 10.2. The molecule has 7 nitrogen and oxygen atoms in total. The quantitative estimate of drug-likeness (QED) is 0.419. The molecule has 5 aromatic rings. The van der Waals surface area contributed by atoms with Crippen LogP contribution >= 0.6 is 22.7 Å². The Morgan fingerprint density at radius 2 is 1.90 bits per heavy atom. The number of H-pyrrole nitrogens is 1. The highest BCUT2D eigenvalue weighted by Gasteiger charge is 2.19. The van der Waals surface area contributed by atoms with Crippen molar-refractivity contribution in [2.45, 2.75) is 13.8 Å². The molecule has 0 saturated heterocycles. The van der Waals surface area contributed by atoms with Crippen LogP contribution in [-0.2, 0) is 0 Å². The van der Waals surface area contributed by atoms with Gasteiger partial charge in [-0.3, -0.25) is 9.78 Å². The summed E-state index contributed by atoms with van der Waals surface area (Å²) in [5.74, 6) is 0.726. The van der Waals surface area contributed by atoms with Crippen molar-refractivity contribution in [3.05, 3.63) is 86.0 Å². The van der Waals surface area contributed by atoms with E-state index in [1.807, 2.05) is 37.4 Å². The minimum atomic E-state index is -0.456. The van der Waals surface area contributed by atoms with Crippen LogP contribution in [0.1, 0.15) is 11.1 Å². The summed E-state index contributed by atoms with van der Waals surface area (Å²) in [6, 6.07) is 12.8. The largest absolute Gasteiger partial charge is 0.334 e. The molecule has 0 aliphatic heterocycles. The van der Waals surface area contributed by atoms with Gasteiger partial charge in [0.05, 0.1) is 21.6 Å². The number of thiophene rings is 1. The zero-order valence-electron chi connectivity index (χ0n) is 16.7. The van der Waals surface area contributed by atoms with Crippen LogP contribution in [0.5, 0.6) is 0 Å². The average Bonchev–Trinajstić information content (AvgIpc) is 3.33. The number of nitrogens with zero attached hydrogens (tertiary/aromatic N) is 3. The number of benzene rings is 1. The first-order chi connectivity index (χ1) is 15.0. The van der Waals surface area contributed by atoms with Crippen LogP contribution in [0.15, 0.2) is 63.6 Å². The highest BCUT2D eigenvalue weighted by Crippen LogP contribution is 2.37. The van der Waals surface area contributed by atoms with E-state index < -0.39 is 5.69 Å². The van der Waals surface area contributed by atoms with E-state index in [-0.39, 0.29) is 5.56 Å².